The minimum atomic E-state index is -1.46. The molecule has 2 heterocycles. The number of ether oxygens (including phenoxy) is 1. The van der Waals surface area contributed by atoms with E-state index in [-0.39, 0.29) is 29.8 Å². The molecule has 0 bridgehead atoms. The molecule has 0 aliphatic rings. The molecule has 2 rings (SSSR count). The van der Waals surface area contributed by atoms with Gasteiger partial charge in [-0.2, -0.15) is 0 Å². The van der Waals surface area contributed by atoms with Crippen LogP contribution in [0.15, 0.2) is 45.2 Å². The molecule has 0 fully saturated rings. The largest absolute Gasteiger partial charge is 0.477 e. The summed E-state index contributed by atoms with van der Waals surface area (Å²) in [5, 5.41) is 8.78. The molecular formula is C24H25BrN2O6Si. The lowest BCUT2D eigenvalue weighted by atomic mass is 10.2. The molecule has 1 N–H and O–H groups in total. The molecule has 10 heteroatoms. The molecule has 0 saturated carbocycles. The summed E-state index contributed by atoms with van der Waals surface area (Å²) in [5.41, 5.74) is 2.43. The fourth-order valence-corrected chi connectivity index (χ4v) is 3.59. The summed E-state index contributed by atoms with van der Waals surface area (Å²) in [4.78, 5) is 45.8. The number of terminal acetylenes is 1. The maximum absolute atomic E-state index is 12.1. The summed E-state index contributed by atoms with van der Waals surface area (Å²) in [7, 11) is -0.216. The molecule has 0 radical (unpaired) electrons. The summed E-state index contributed by atoms with van der Waals surface area (Å²) in [6, 6.07) is 2.72. The van der Waals surface area contributed by atoms with Gasteiger partial charge in [0.25, 0.3) is 11.1 Å². The zero-order valence-corrected chi connectivity index (χ0v) is 21.9. The van der Waals surface area contributed by atoms with E-state index in [1.807, 2.05) is 0 Å². The number of nitrogens with zero attached hydrogens (tertiary/aromatic N) is 2. The van der Waals surface area contributed by atoms with E-state index in [0.29, 0.717) is 10.0 Å². The second-order valence-corrected chi connectivity index (χ2v) is 13.5. The minimum Gasteiger partial charge on any atom is -0.477 e. The lowest BCUT2D eigenvalue weighted by Gasteiger charge is -2.06. The van der Waals surface area contributed by atoms with Crippen molar-refractivity contribution in [3.05, 3.63) is 73.0 Å². The Bertz CT molecular complexity index is 1320. The van der Waals surface area contributed by atoms with E-state index >= 15 is 0 Å². The predicted octanol–water partition coefficient (Wildman–Crippen LogP) is 3.10. The predicted molar refractivity (Wildman–Crippen MR) is 137 cm³/mol. The average Bonchev–Trinajstić information content (AvgIpc) is 2.76. The van der Waals surface area contributed by atoms with Gasteiger partial charge in [-0.3, -0.25) is 9.59 Å². The monoisotopic (exact) mass is 544 g/mol. The first-order chi connectivity index (χ1) is 15.8. The van der Waals surface area contributed by atoms with Crippen LogP contribution in [0.1, 0.15) is 26.3 Å². The summed E-state index contributed by atoms with van der Waals surface area (Å²) in [5.74, 6) is 3.36. The molecule has 0 aliphatic carbocycles. The van der Waals surface area contributed by atoms with E-state index in [2.05, 4.69) is 64.3 Å². The summed E-state index contributed by atoms with van der Waals surface area (Å²) < 4.78 is 7.80. The van der Waals surface area contributed by atoms with Crippen molar-refractivity contribution in [1.82, 2.24) is 9.13 Å². The molecule has 8 nitrogen and oxygen atoms in total. The smallest absolute Gasteiger partial charge is 0.343 e. The van der Waals surface area contributed by atoms with Crippen molar-refractivity contribution in [2.75, 3.05) is 7.11 Å². The number of methoxy groups -OCH3 is 1. The van der Waals surface area contributed by atoms with Gasteiger partial charge in [-0.25, -0.2) is 9.59 Å². The highest BCUT2D eigenvalue weighted by Crippen LogP contribution is 2.09. The minimum absolute atomic E-state index is 0.00618. The van der Waals surface area contributed by atoms with Gasteiger partial charge in [-0.1, -0.05) is 44.1 Å². The van der Waals surface area contributed by atoms with Crippen LogP contribution in [0.5, 0.6) is 0 Å². The molecule has 0 atom stereocenters. The van der Waals surface area contributed by atoms with Crippen molar-refractivity contribution in [2.45, 2.75) is 32.7 Å². The number of carbonyl (C=O) groups is 2. The van der Waals surface area contributed by atoms with Gasteiger partial charge in [0.05, 0.1) is 20.2 Å². The van der Waals surface area contributed by atoms with Crippen LogP contribution in [0.25, 0.3) is 6.08 Å². The number of pyridine rings is 2. The van der Waals surface area contributed by atoms with Gasteiger partial charge in [-0.05, 0) is 33.6 Å². The van der Waals surface area contributed by atoms with Crippen LogP contribution in [-0.2, 0) is 17.8 Å². The Morgan fingerprint density at radius 3 is 2.24 bits per heavy atom. The number of rotatable bonds is 5. The number of carbonyl (C=O) groups excluding carboxylic acids is 1. The van der Waals surface area contributed by atoms with Gasteiger partial charge in [0.1, 0.15) is 19.2 Å². The first-order valence-corrected chi connectivity index (χ1v) is 14.2. The first-order valence-electron chi connectivity index (χ1n) is 9.86. The standard InChI is InChI=1S/C13H16BrNO3Si.C11H9NO3/c1-18-13(17)11-8-10(14)9-15(12(11)16)6-5-7-19(2,3)4;1-3-5-12-7-8(4-2)6-9(10(12)13)11(14)15/h8-9H,6H2,1-4H3;1,4,6-7H,2,5H2,(H,14,15). The highest BCUT2D eigenvalue weighted by atomic mass is 79.9. The van der Waals surface area contributed by atoms with Crippen molar-refractivity contribution in [3.63, 3.8) is 0 Å². The first kappa shape index (κ1) is 28.4. The van der Waals surface area contributed by atoms with Gasteiger partial charge in [0.15, 0.2) is 0 Å². The fourth-order valence-electron chi connectivity index (χ4n) is 2.50. The third kappa shape index (κ3) is 8.39. The lowest BCUT2D eigenvalue weighted by Crippen LogP contribution is -2.26. The number of halogens is 1. The maximum atomic E-state index is 12.1. The normalized spacial score (nSPS) is 10.0. The summed E-state index contributed by atoms with van der Waals surface area (Å²) in [6.07, 6.45) is 9.61. The topological polar surface area (TPSA) is 108 Å². The van der Waals surface area contributed by atoms with Crippen LogP contribution in [0.3, 0.4) is 0 Å². The Balaban J connectivity index is 0.000000350. The Labute approximate surface area is 207 Å². The van der Waals surface area contributed by atoms with E-state index in [1.54, 1.807) is 6.20 Å². The summed E-state index contributed by atoms with van der Waals surface area (Å²) in [6.45, 7) is 10.2. The molecule has 0 spiro atoms. The van der Waals surface area contributed by atoms with Crippen LogP contribution in [0, 0.1) is 23.8 Å². The second kappa shape index (κ2) is 12.6. The van der Waals surface area contributed by atoms with Gasteiger partial charge in [-0.15, -0.1) is 12.0 Å². The van der Waals surface area contributed by atoms with Gasteiger partial charge in [0, 0.05) is 16.9 Å². The third-order valence-electron chi connectivity index (χ3n) is 4.01. The van der Waals surface area contributed by atoms with Crippen molar-refractivity contribution < 1.29 is 19.4 Å². The molecule has 0 saturated heterocycles. The number of aromatic nitrogens is 2. The number of hydrogen-bond acceptors (Lipinski definition) is 5. The molecule has 0 aromatic carbocycles. The van der Waals surface area contributed by atoms with Gasteiger partial charge >= 0.3 is 11.9 Å². The van der Waals surface area contributed by atoms with E-state index in [1.165, 1.54) is 40.6 Å². The highest BCUT2D eigenvalue weighted by Gasteiger charge is 2.14. The molecule has 0 unspecified atom stereocenters. The number of aromatic carboxylic acids is 1. The van der Waals surface area contributed by atoms with Crippen LogP contribution in [0.4, 0.5) is 0 Å². The van der Waals surface area contributed by atoms with E-state index < -0.39 is 25.6 Å². The van der Waals surface area contributed by atoms with Crippen molar-refractivity contribution in [2.24, 2.45) is 0 Å². The average molecular weight is 545 g/mol. The van der Waals surface area contributed by atoms with Crippen LogP contribution < -0.4 is 11.1 Å². The van der Waals surface area contributed by atoms with Gasteiger partial charge < -0.3 is 19.0 Å². The van der Waals surface area contributed by atoms with Gasteiger partial charge in [0.2, 0.25) is 0 Å². The number of esters is 1. The molecule has 0 amide bonds. The van der Waals surface area contributed by atoms with E-state index in [9.17, 15) is 19.2 Å². The molecule has 0 aliphatic heterocycles. The second-order valence-electron chi connectivity index (χ2n) is 7.88. The molecular weight excluding hydrogens is 520 g/mol. The van der Waals surface area contributed by atoms with E-state index in [4.69, 9.17) is 11.5 Å². The zero-order chi connectivity index (χ0) is 26.1. The molecule has 2 aromatic heterocycles. The van der Waals surface area contributed by atoms with Crippen LogP contribution in [-0.4, -0.2) is 41.4 Å². The maximum Gasteiger partial charge on any atom is 0.343 e. The molecule has 178 valence electrons. The Morgan fingerprint density at radius 1 is 1.15 bits per heavy atom. The van der Waals surface area contributed by atoms with Crippen LogP contribution >= 0.6 is 15.9 Å². The van der Waals surface area contributed by atoms with Crippen molar-refractivity contribution in [3.8, 4) is 23.8 Å². The fraction of sp³-hybridized carbons (Fsp3) is 0.250. The Morgan fingerprint density at radius 2 is 1.74 bits per heavy atom. The third-order valence-corrected chi connectivity index (χ3v) is 5.37. The molecule has 2 aromatic rings. The Hall–Kier alpha value is -3.60. The Kier molecular flexibility index (Phi) is 10.5. The number of hydrogen-bond donors (Lipinski definition) is 1. The zero-order valence-electron chi connectivity index (χ0n) is 19.3. The quantitative estimate of drug-likeness (QED) is 0.352. The van der Waals surface area contributed by atoms with Crippen LogP contribution in [0.2, 0.25) is 19.6 Å². The van der Waals surface area contributed by atoms with Crippen molar-refractivity contribution >= 4 is 42.0 Å². The van der Waals surface area contributed by atoms with Crippen molar-refractivity contribution in [1.29, 1.82) is 0 Å². The summed E-state index contributed by atoms with van der Waals surface area (Å²) >= 11 is 3.27. The molecule has 34 heavy (non-hydrogen) atoms. The van der Waals surface area contributed by atoms with E-state index in [0.717, 1.165) is 0 Å². The lowest BCUT2D eigenvalue weighted by molar-refractivity contribution is 0.0597. The highest BCUT2D eigenvalue weighted by molar-refractivity contribution is 9.10. The number of carboxylic acids is 1. The SMILES string of the molecule is C#CCn1cc(C=C)cc(C(=O)O)c1=O.COC(=O)c1cc(Br)cn(CC#C[Si](C)(C)C)c1=O. The number of carboxylic acid groups (broad SMARTS) is 1.